The number of hydrogen-bond acceptors (Lipinski definition) is 6. The fourth-order valence-electron chi connectivity index (χ4n) is 2.95. The van der Waals surface area contributed by atoms with E-state index in [1.54, 1.807) is 18.3 Å². The summed E-state index contributed by atoms with van der Waals surface area (Å²) < 4.78 is 10.7. The molecule has 30 heavy (non-hydrogen) atoms. The first-order valence-electron chi connectivity index (χ1n) is 9.58. The maximum absolute atomic E-state index is 12.0. The van der Waals surface area contributed by atoms with Gasteiger partial charge in [0.1, 0.15) is 11.4 Å². The van der Waals surface area contributed by atoms with Gasteiger partial charge in [0.25, 0.3) is 0 Å². The predicted molar refractivity (Wildman–Crippen MR) is 118 cm³/mol. The minimum absolute atomic E-state index is 0.218. The third kappa shape index (κ3) is 5.34. The molecule has 0 radical (unpaired) electrons. The summed E-state index contributed by atoms with van der Waals surface area (Å²) in [6.45, 7) is 1.47. The zero-order valence-corrected chi connectivity index (χ0v) is 18.0. The van der Waals surface area contributed by atoms with Crippen LogP contribution in [0, 0.1) is 0 Å². The van der Waals surface area contributed by atoms with Crippen molar-refractivity contribution in [2.24, 2.45) is 0 Å². The second kappa shape index (κ2) is 10.2. The Bertz CT molecular complexity index is 1010. The van der Waals surface area contributed by atoms with E-state index in [4.69, 9.17) is 21.1 Å². The van der Waals surface area contributed by atoms with E-state index in [1.807, 2.05) is 50.5 Å². The Balaban J connectivity index is 2.00. The number of aromatic nitrogens is 2. The summed E-state index contributed by atoms with van der Waals surface area (Å²) in [5.74, 6) is 0.0723. The topological polar surface area (TPSA) is 64.6 Å². The Morgan fingerprint density at radius 1 is 1.13 bits per heavy atom. The van der Waals surface area contributed by atoms with E-state index >= 15 is 0 Å². The second-order valence-electron chi connectivity index (χ2n) is 6.95. The van der Waals surface area contributed by atoms with Crippen molar-refractivity contribution in [2.75, 3.05) is 34.4 Å². The van der Waals surface area contributed by atoms with E-state index in [0.717, 1.165) is 29.8 Å². The number of benzene rings is 1. The Morgan fingerprint density at radius 2 is 1.97 bits per heavy atom. The molecule has 0 amide bonds. The van der Waals surface area contributed by atoms with Crippen LogP contribution in [-0.2, 0) is 4.74 Å². The molecule has 0 atom stereocenters. The lowest BCUT2D eigenvalue weighted by Gasteiger charge is -2.14. The van der Waals surface area contributed by atoms with Gasteiger partial charge < -0.3 is 14.4 Å². The molecule has 0 aliphatic rings. The number of hydrogen-bond donors (Lipinski definition) is 0. The molecule has 2 aromatic heterocycles. The van der Waals surface area contributed by atoms with Gasteiger partial charge in [-0.3, -0.25) is 4.98 Å². The molecule has 0 aliphatic heterocycles. The van der Waals surface area contributed by atoms with Crippen LogP contribution in [0.5, 0.6) is 5.75 Å². The lowest BCUT2D eigenvalue weighted by atomic mass is 10.0. The number of rotatable bonds is 8. The number of carbonyl (C=O) groups excluding carboxylic acids is 1. The lowest BCUT2D eigenvalue weighted by molar-refractivity contribution is 0.0594. The van der Waals surface area contributed by atoms with Crippen LogP contribution in [-0.4, -0.2) is 55.2 Å². The van der Waals surface area contributed by atoms with Gasteiger partial charge in [0, 0.05) is 23.9 Å². The van der Waals surface area contributed by atoms with Crippen LogP contribution in [0.15, 0.2) is 54.7 Å². The monoisotopic (exact) mass is 425 g/mol. The Kier molecular flexibility index (Phi) is 7.38. The van der Waals surface area contributed by atoms with E-state index in [1.165, 1.54) is 7.11 Å². The van der Waals surface area contributed by atoms with Crippen molar-refractivity contribution in [2.45, 2.75) is 6.42 Å². The third-order valence-corrected chi connectivity index (χ3v) is 4.75. The van der Waals surface area contributed by atoms with Crippen LogP contribution in [0.2, 0.25) is 5.02 Å². The molecule has 156 valence electrons. The summed E-state index contributed by atoms with van der Waals surface area (Å²) in [7, 11) is 5.37. The SMILES string of the molecule is COC(=O)c1ccc(-c2ccccn2)c(-c2ccc(Cl)c(OCCCN(C)C)c2)n1. The van der Waals surface area contributed by atoms with Crippen molar-refractivity contribution in [3.8, 4) is 28.3 Å². The highest BCUT2D eigenvalue weighted by Gasteiger charge is 2.16. The molecule has 0 fully saturated rings. The number of methoxy groups -OCH3 is 1. The van der Waals surface area contributed by atoms with Gasteiger partial charge in [-0.2, -0.15) is 0 Å². The molecule has 0 unspecified atom stereocenters. The van der Waals surface area contributed by atoms with Crippen LogP contribution in [0.4, 0.5) is 0 Å². The third-order valence-electron chi connectivity index (χ3n) is 4.44. The molecule has 0 spiro atoms. The molecular weight excluding hydrogens is 402 g/mol. The molecule has 0 aliphatic carbocycles. The van der Waals surface area contributed by atoms with Crippen LogP contribution >= 0.6 is 11.6 Å². The largest absolute Gasteiger partial charge is 0.492 e. The number of esters is 1. The highest BCUT2D eigenvalue weighted by atomic mass is 35.5. The molecule has 6 nitrogen and oxygen atoms in total. The van der Waals surface area contributed by atoms with Crippen molar-refractivity contribution in [3.63, 3.8) is 0 Å². The van der Waals surface area contributed by atoms with E-state index < -0.39 is 5.97 Å². The molecule has 0 N–H and O–H groups in total. The Labute approximate surface area is 181 Å². The zero-order valence-electron chi connectivity index (χ0n) is 17.3. The maximum atomic E-state index is 12.0. The van der Waals surface area contributed by atoms with Crippen LogP contribution in [0.1, 0.15) is 16.9 Å². The van der Waals surface area contributed by atoms with Gasteiger partial charge in [0.2, 0.25) is 0 Å². The van der Waals surface area contributed by atoms with Gasteiger partial charge >= 0.3 is 5.97 Å². The van der Waals surface area contributed by atoms with E-state index in [-0.39, 0.29) is 5.69 Å². The highest BCUT2D eigenvalue weighted by molar-refractivity contribution is 6.32. The Hall–Kier alpha value is -2.96. The fraction of sp³-hybridized carbons (Fsp3) is 0.261. The summed E-state index contributed by atoms with van der Waals surface area (Å²) >= 11 is 6.34. The minimum atomic E-state index is -0.502. The summed E-state index contributed by atoms with van der Waals surface area (Å²) in [4.78, 5) is 23.1. The van der Waals surface area contributed by atoms with Gasteiger partial charge in [0.15, 0.2) is 0 Å². The van der Waals surface area contributed by atoms with Crippen molar-refractivity contribution >= 4 is 17.6 Å². The molecular formula is C23H24ClN3O3. The average molecular weight is 426 g/mol. The van der Waals surface area contributed by atoms with Gasteiger partial charge in [0.05, 0.1) is 30.1 Å². The molecule has 0 bridgehead atoms. The summed E-state index contributed by atoms with van der Waals surface area (Å²) in [5, 5.41) is 0.520. The highest BCUT2D eigenvalue weighted by Crippen LogP contribution is 2.35. The normalized spacial score (nSPS) is 10.8. The van der Waals surface area contributed by atoms with Crippen molar-refractivity contribution in [1.82, 2.24) is 14.9 Å². The molecule has 7 heteroatoms. The number of pyridine rings is 2. The smallest absolute Gasteiger partial charge is 0.356 e. The maximum Gasteiger partial charge on any atom is 0.356 e. The van der Waals surface area contributed by atoms with Crippen molar-refractivity contribution in [1.29, 1.82) is 0 Å². The predicted octanol–water partition coefficient (Wildman–Crippen LogP) is 4.58. The minimum Gasteiger partial charge on any atom is -0.492 e. The molecule has 3 rings (SSSR count). The van der Waals surface area contributed by atoms with Gasteiger partial charge in [-0.1, -0.05) is 23.7 Å². The Morgan fingerprint density at radius 3 is 2.67 bits per heavy atom. The van der Waals surface area contributed by atoms with Gasteiger partial charge in [-0.25, -0.2) is 9.78 Å². The number of carbonyl (C=O) groups is 1. The van der Waals surface area contributed by atoms with E-state index in [2.05, 4.69) is 14.9 Å². The molecule has 0 saturated heterocycles. The quantitative estimate of drug-likeness (QED) is 0.388. The first-order valence-corrected chi connectivity index (χ1v) is 9.95. The van der Waals surface area contributed by atoms with Gasteiger partial charge in [-0.05, 0) is 56.9 Å². The molecule has 1 aromatic carbocycles. The number of halogens is 1. The standard InChI is InChI=1S/C23H24ClN3O3/c1-27(2)13-6-14-30-21-15-16(8-10-18(21)24)22-17(19-7-4-5-12-25-19)9-11-20(26-22)23(28)29-3/h4-5,7-12,15H,6,13-14H2,1-3H3. The summed E-state index contributed by atoms with van der Waals surface area (Å²) in [6.07, 6.45) is 2.59. The van der Waals surface area contributed by atoms with E-state index in [0.29, 0.717) is 23.1 Å². The van der Waals surface area contributed by atoms with Crippen LogP contribution in [0.3, 0.4) is 0 Å². The molecule has 2 heterocycles. The van der Waals surface area contributed by atoms with E-state index in [9.17, 15) is 4.79 Å². The van der Waals surface area contributed by atoms with Crippen LogP contribution in [0.25, 0.3) is 22.5 Å². The number of ether oxygens (including phenoxy) is 2. The summed E-state index contributed by atoms with van der Waals surface area (Å²) in [6, 6.07) is 14.6. The van der Waals surface area contributed by atoms with Gasteiger partial charge in [-0.15, -0.1) is 0 Å². The zero-order chi connectivity index (χ0) is 21.5. The average Bonchev–Trinajstić information content (AvgIpc) is 2.77. The first kappa shape index (κ1) is 21.7. The first-order chi connectivity index (χ1) is 14.5. The molecule has 0 saturated carbocycles. The summed E-state index contributed by atoms with van der Waals surface area (Å²) in [5.41, 5.74) is 3.14. The molecule has 3 aromatic rings. The lowest BCUT2D eigenvalue weighted by Crippen LogP contribution is -2.15. The number of nitrogens with zero attached hydrogens (tertiary/aromatic N) is 3. The van der Waals surface area contributed by atoms with Crippen molar-refractivity contribution in [3.05, 3.63) is 65.4 Å². The van der Waals surface area contributed by atoms with Crippen LogP contribution < -0.4 is 4.74 Å². The second-order valence-corrected chi connectivity index (χ2v) is 7.36. The fourth-order valence-corrected chi connectivity index (χ4v) is 3.12. The van der Waals surface area contributed by atoms with Crippen molar-refractivity contribution < 1.29 is 14.3 Å².